The van der Waals surface area contributed by atoms with Crippen molar-refractivity contribution in [2.75, 3.05) is 19.0 Å². The van der Waals surface area contributed by atoms with E-state index in [9.17, 15) is 14.4 Å². The summed E-state index contributed by atoms with van der Waals surface area (Å²) in [6, 6.07) is 14.3. The van der Waals surface area contributed by atoms with E-state index in [0.29, 0.717) is 11.3 Å². The Morgan fingerprint density at radius 3 is 2.26 bits per heavy atom. The highest BCUT2D eigenvalue weighted by molar-refractivity contribution is 8.00. The lowest BCUT2D eigenvalue weighted by Crippen LogP contribution is -2.24. The maximum atomic E-state index is 12.1. The number of thioether (sulfide) groups is 1. The highest BCUT2D eigenvalue weighted by Crippen LogP contribution is 2.24. The van der Waals surface area contributed by atoms with E-state index in [1.807, 2.05) is 31.2 Å². The molecule has 0 unspecified atom stereocenters. The molecule has 27 heavy (non-hydrogen) atoms. The Morgan fingerprint density at radius 2 is 1.67 bits per heavy atom. The van der Waals surface area contributed by atoms with E-state index in [1.54, 1.807) is 38.2 Å². The number of hydrogen-bond acceptors (Lipinski definition) is 5. The molecule has 0 aliphatic rings. The van der Waals surface area contributed by atoms with Gasteiger partial charge in [-0.25, -0.2) is 0 Å². The molecule has 0 fully saturated rings. The Morgan fingerprint density at radius 1 is 1.04 bits per heavy atom. The van der Waals surface area contributed by atoms with E-state index in [4.69, 9.17) is 4.74 Å². The van der Waals surface area contributed by atoms with Crippen LogP contribution < -0.4 is 10.6 Å². The van der Waals surface area contributed by atoms with Crippen molar-refractivity contribution >= 4 is 35.2 Å². The van der Waals surface area contributed by atoms with E-state index in [1.165, 1.54) is 11.8 Å². The van der Waals surface area contributed by atoms with Gasteiger partial charge in [-0.15, -0.1) is 11.8 Å². The average molecular weight is 386 g/mol. The van der Waals surface area contributed by atoms with Gasteiger partial charge in [-0.05, 0) is 50.2 Å². The molecule has 6 nitrogen and oxygen atoms in total. The first-order valence-electron chi connectivity index (χ1n) is 8.41. The average Bonchev–Trinajstić information content (AvgIpc) is 2.67. The molecule has 0 bridgehead atoms. The summed E-state index contributed by atoms with van der Waals surface area (Å²) < 4.78 is 5.08. The van der Waals surface area contributed by atoms with Gasteiger partial charge in [0.05, 0.1) is 0 Å². The SMILES string of the molecule is CNC(=O)c1ccc(NC(=O)COC(=O)[C@@H](C)Sc2ccc(C)cc2)cc1. The Labute approximate surface area is 162 Å². The lowest BCUT2D eigenvalue weighted by Gasteiger charge is -2.12. The Bertz CT molecular complexity index is 804. The quantitative estimate of drug-likeness (QED) is 0.564. The predicted molar refractivity (Wildman–Crippen MR) is 106 cm³/mol. The van der Waals surface area contributed by atoms with Crippen molar-refractivity contribution in [2.24, 2.45) is 0 Å². The molecule has 2 aromatic rings. The predicted octanol–water partition coefficient (Wildman–Crippen LogP) is 3.02. The molecule has 2 rings (SSSR count). The topological polar surface area (TPSA) is 84.5 Å². The number of benzene rings is 2. The van der Waals surface area contributed by atoms with Crippen LogP contribution in [0.2, 0.25) is 0 Å². The Balaban J connectivity index is 1.79. The lowest BCUT2D eigenvalue weighted by molar-refractivity contribution is -0.146. The molecule has 0 aliphatic carbocycles. The summed E-state index contributed by atoms with van der Waals surface area (Å²) in [6.45, 7) is 3.37. The number of ether oxygens (including phenoxy) is 1. The second-order valence-electron chi connectivity index (χ2n) is 5.89. The molecular weight excluding hydrogens is 364 g/mol. The number of aryl methyl sites for hydroxylation is 1. The van der Waals surface area contributed by atoms with E-state index in [0.717, 1.165) is 10.5 Å². The zero-order valence-corrected chi connectivity index (χ0v) is 16.3. The molecule has 2 N–H and O–H groups in total. The van der Waals surface area contributed by atoms with Crippen LogP contribution in [0.5, 0.6) is 0 Å². The number of hydrogen-bond donors (Lipinski definition) is 2. The van der Waals surface area contributed by atoms with Crippen LogP contribution in [-0.4, -0.2) is 36.7 Å². The smallest absolute Gasteiger partial charge is 0.319 e. The summed E-state index contributed by atoms with van der Waals surface area (Å²) in [4.78, 5) is 36.4. The molecule has 0 aliphatic heterocycles. The van der Waals surface area contributed by atoms with E-state index < -0.39 is 17.1 Å². The van der Waals surface area contributed by atoms with E-state index >= 15 is 0 Å². The molecule has 0 radical (unpaired) electrons. The third-order valence-electron chi connectivity index (χ3n) is 3.67. The third kappa shape index (κ3) is 6.45. The minimum absolute atomic E-state index is 0.207. The van der Waals surface area contributed by atoms with Crippen molar-refractivity contribution in [2.45, 2.75) is 24.0 Å². The van der Waals surface area contributed by atoms with Crippen molar-refractivity contribution in [3.63, 3.8) is 0 Å². The number of nitrogens with one attached hydrogen (secondary N) is 2. The number of rotatable bonds is 7. The fraction of sp³-hybridized carbons (Fsp3) is 0.250. The molecule has 0 spiro atoms. The zero-order chi connectivity index (χ0) is 19.8. The third-order valence-corrected chi connectivity index (χ3v) is 4.76. The second kappa shape index (κ2) is 9.78. The van der Waals surface area contributed by atoms with Crippen LogP contribution >= 0.6 is 11.8 Å². The molecule has 0 heterocycles. The maximum absolute atomic E-state index is 12.1. The fourth-order valence-electron chi connectivity index (χ4n) is 2.17. The molecule has 7 heteroatoms. The van der Waals surface area contributed by atoms with Gasteiger partial charge in [0, 0.05) is 23.2 Å². The van der Waals surface area contributed by atoms with Crippen molar-refractivity contribution in [1.82, 2.24) is 5.32 Å². The van der Waals surface area contributed by atoms with Gasteiger partial charge in [0.1, 0.15) is 5.25 Å². The summed E-state index contributed by atoms with van der Waals surface area (Å²) in [5.41, 5.74) is 2.16. The first-order valence-corrected chi connectivity index (χ1v) is 9.29. The number of carbonyl (C=O) groups excluding carboxylic acids is 3. The largest absolute Gasteiger partial charge is 0.455 e. The molecule has 2 amide bonds. The summed E-state index contributed by atoms with van der Waals surface area (Å²) in [5, 5.41) is 4.72. The van der Waals surface area contributed by atoms with Crippen LogP contribution in [0.1, 0.15) is 22.8 Å². The number of anilines is 1. The summed E-state index contributed by atoms with van der Waals surface area (Å²) >= 11 is 1.38. The van der Waals surface area contributed by atoms with Crippen molar-refractivity contribution in [3.05, 3.63) is 59.7 Å². The van der Waals surface area contributed by atoms with Crippen molar-refractivity contribution in [1.29, 1.82) is 0 Å². The standard InChI is InChI=1S/C20H22N2O4S/c1-13-4-10-17(11-5-13)27-14(2)20(25)26-12-18(23)22-16-8-6-15(7-9-16)19(24)21-3/h4-11,14H,12H2,1-3H3,(H,21,24)(H,22,23)/t14-/m1/s1. The van der Waals surface area contributed by atoms with Crippen LogP contribution in [0.15, 0.2) is 53.4 Å². The molecule has 142 valence electrons. The van der Waals surface area contributed by atoms with Gasteiger partial charge in [-0.2, -0.15) is 0 Å². The zero-order valence-electron chi connectivity index (χ0n) is 15.4. The minimum atomic E-state index is -0.453. The summed E-state index contributed by atoms with van der Waals surface area (Å²) in [7, 11) is 1.55. The fourth-order valence-corrected chi connectivity index (χ4v) is 3.04. The van der Waals surface area contributed by atoms with Crippen LogP contribution in [0, 0.1) is 6.92 Å². The molecule has 1 atom stereocenters. The monoisotopic (exact) mass is 386 g/mol. The van der Waals surface area contributed by atoms with Crippen molar-refractivity contribution in [3.8, 4) is 0 Å². The number of carbonyl (C=O) groups is 3. The molecule has 0 saturated carbocycles. The van der Waals surface area contributed by atoms with Gasteiger partial charge >= 0.3 is 5.97 Å². The van der Waals surface area contributed by atoms with Crippen LogP contribution in [0.25, 0.3) is 0 Å². The van der Waals surface area contributed by atoms with Crippen molar-refractivity contribution < 1.29 is 19.1 Å². The molecule has 0 saturated heterocycles. The highest BCUT2D eigenvalue weighted by Gasteiger charge is 2.17. The lowest BCUT2D eigenvalue weighted by atomic mass is 10.2. The number of amides is 2. The summed E-state index contributed by atoms with van der Waals surface area (Å²) in [5.74, 6) is -1.10. The van der Waals surface area contributed by atoms with Crippen LogP contribution in [0.4, 0.5) is 5.69 Å². The molecule has 0 aromatic heterocycles. The summed E-state index contributed by atoms with van der Waals surface area (Å²) in [6.07, 6.45) is 0. The van der Waals surface area contributed by atoms with Gasteiger partial charge in [0.2, 0.25) is 0 Å². The van der Waals surface area contributed by atoms with Crippen LogP contribution in [-0.2, 0) is 14.3 Å². The number of esters is 1. The van der Waals surface area contributed by atoms with Gasteiger partial charge in [-0.1, -0.05) is 17.7 Å². The second-order valence-corrected chi connectivity index (χ2v) is 7.30. The van der Waals surface area contributed by atoms with E-state index in [-0.39, 0.29) is 12.5 Å². The van der Waals surface area contributed by atoms with Gasteiger partial charge in [0.15, 0.2) is 6.61 Å². The molecular formula is C20H22N2O4S. The first-order chi connectivity index (χ1) is 12.9. The Hall–Kier alpha value is -2.80. The first kappa shape index (κ1) is 20.5. The normalized spacial score (nSPS) is 11.4. The van der Waals surface area contributed by atoms with Gasteiger partial charge in [0.25, 0.3) is 11.8 Å². The molecule has 2 aromatic carbocycles. The van der Waals surface area contributed by atoms with Gasteiger partial charge in [-0.3, -0.25) is 14.4 Å². The van der Waals surface area contributed by atoms with Gasteiger partial charge < -0.3 is 15.4 Å². The Kier molecular flexibility index (Phi) is 7.43. The highest BCUT2D eigenvalue weighted by atomic mass is 32.2. The van der Waals surface area contributed by atoms with E-state index in [2.05, 4.69) is 10.6 Å². The maximum Gasteiger partial charge on any atom is 0.319 e. The van der Waals surface area contributed by atoms with Crippen LogP contribution in [0.3, 0.4) is 0 Å². The minimum Gasteiger partial charge on any atom is -0.455 e.